The first-order valence-corrected chi connectivity index (χ1v) is 5.33. The van der Waals surface area contributed by atoms with Crippen molar-refractivity contribution in [3.8, 4) is 5.82 Å². The van der Waals surface area contributed by atoms with Crippen LogP contribution in [0.25, 0.3) is 16.6 Å². The number of benzene rings is 1. The van der Waals surface area contributed by atoms with Crippen LogP contribution in [0.5, 0.6) is 0 Å². The van der Waals surface area contributed by atoms with Gasteiger partial charge in [0.2, 0.25) is 0 Å². The fourth-order valence-electron chi connectivity index (χ4n) is 1.87. The van der Waals surface area contributed by atoms with E-state index in [0.29, 0.717) is 6.54 Å². The van der Waals surface area contributed by atoms with Gasteiger partial charge < -0.3 is 5.73 Å². The van der Waals surface area contributed by atoms with Gasteiger partial charge in [-0.2, -0.15) is 5.10 Å². The molecule has 0 aliphatic carbocycles. The predicted octanol–water partition coefficient (Wildman–Crippen LogP) is 1.27. The smallest absolute Gasteiger partial charge is 0.168 e. The van der Waals surface area contributed by atoms with Gasteiger partial charge in [-0.3, -0.25) is 4.57 Å². The van der Waals surface area contributed by atoms with E-state index in [9.17, 15) is 0 Å². The number of rotatable bonds is 2. The summed E-state index contributed by atoms with van der Waals surface area (Å²) in [7, 11) is 0. The minimum Gasteiger partial charge on any atom is -0.324 e. The fraction of sp³-hybridized carbons (Fsp3) is 0.0833. The number of aromatic nitrogens is 4. The van der Waals surface area contributed by atoms with Crippen LogP contribution in [0.4, 0.5) is 0 Å². The second-order valence-electron chi connectivity index (χ2n) is 3.67. The van der Waals surface area contributed by atoms with Gasteiger partial charge in [0.1, 0.15) is 5.82 Å². The van der Waals surface area contributed by atoms with Crippen molar-refractivity contribution in [2.45, 2.75) is 6.54 Å². The molecule has 5 heteroatoms. The maximum atomic E-state index is 5.64. The van der Waals surface area contributed by atoms with Crippen molar-refractivity contribution in [3.05, 3.63) is 48.7 Å². The summed E-state index contributed by atoms with van der Waals surface area (Å²) in [6, 6.07) is 7.98. The van der Waals surface area contributed by atoms with Crippen LogP contribution in [0.2, 0.25) is 0 Å². The van der Waals surface area contributed by atoms with Crippen molar-refractivity contribution in [2.24, 2.45) is 5.73 Å². The quantitative estimate of drug-likeness (QED) is 0.713. The molecular weight excluding hydrogens is 214 g/mol. The van der Waals surface area contributed by atoms with Gasteiger partial charge in [0.05, 0.1) is 12.7 Å². The number of nitrogens with zero attached hydrogens (tertiary/aromatic N) is 4. The molecule has 84 valence electrons. The van der Waals surface area contributed by atoms with Gasteiger partial charge in [-0.1, -0.05) is 24.3 Å². The number of imidazole rings is 1. The molecule has 0 aliphatic rings. The zero-order chi connectivity index (χ0) is 11.7. The van der Waals surface area contributed by atoms with Gasteiger partial charge in [0.15, 0.2) is 5.82 Å². The van der Waals surface area contributed by atoms with E-state index in [1.807, 2.05) is 35.0 Å². The Bertz CT molecular complexity index is 653. The maximum absolute atomic E-state index is 5.64. The zero-order valence-corrected chi connectivity index (χ0v) is 9.11. The highest BCUT2D eigenvalue weighted by Crippen LogP contribution is 2.19. The minimum atomic E-state index is 0.373. The Morgan fingerprint density at radius 3 is 3.00 bits per heavy atom. The van der Waals surface area contributed by atoms with Gasteiger partial charge >= 0.3 is 0 Å². The van der Waals surface area contributed by atoms with E-state index in [1.165, 1.54) is 0 Å². The summed E-state index contributed by atoms with van der Waals surface area (Å²) in [6.45, 7) is 0.373. The van der Waals surface area contributed by atoms with E-state index in [1.54, 1.807) is 12.4 Å². The first-order valence-electron chi connectivity index (χ1n) is 5.33. The predicted molar refractivity (Wildman–Crippen MR) is 64.6 cm³/mol. The SMILES string of the molecule is NCc1nccn1-c1nncc2ccccc12. The van der Waals surface area contributed by atoms with Gasteiger partial charge in [-0.05, 0) is 0 Å². The third-order valence-electron chi connectivity index (χ3n) is 2.68. The first-order chi connectivity index (χ1) is 8.40. The van der Waals surface area contributed by atoms with Crippen LogP contribution in [0.15, 0.2) is 42.9 Å². The molecule has 3 aromatic rings. The molecule has 0 bridgehead atoms. The molecule has 0 atom stereocenters. The summed E-state index contributed by atoms with van der Waals surface area (Å²) < 4.78 is 1.87. The van der Waals surface area contributed by atoms with Crippen molar-refractivity contribution in [1.29, 1.82) is 0 Å². The molecule has 0 aliphatic heterocycles. The molecule has 17 heavy (non-hydrogen) atoms. The lowest BCUT2D eigenvalue weighted by Gasteiger charge is -2.07. The molecule has 0 spiro atoms. The highest BCUT2D eigenvalue weighted by Gasteiger charge is 2.08. The molecule has 2 heterocycles. The largest absolute Gasteiger partial charge is 0.324 e. The average molecular weight is 225 g/mol. The van der Waals surface area contributed by atoms with Crippen LogP contribution in [0.3, 0.4) is 0 Å². The molecule has 0 fully saturated rings. The van der Waals surface area contributed by atoms with Crippen molar-refractivity contribution < 1.29 is 0 Å². The van der Waals surface area contributed by atoms with E-state index in [4.69, 9.17) is 5.73 Å². The van der Waals surface area contributed by atoms with Crippen LogP contribution in [0, 0.1) is 0 Å². The summed E-state index contributed by atoms with van der Waals surface area (Å²) in [6.07, 6.45) is 5.31. The van der Waals surface area contributed by atoms with Crippen molar-refractivity contribution in [3.63, 3.8) is 0 Å². The second-order valence-corrected chi connectivity index (χ2v) is 3.67. The third-order valence-corrected chi connectivity index (χ3v) is 2.68. The number of nitrogens with two attached hydrogens (primary N) is 1. The Morgan fingerprint density at radius 1 is 1.24 bits per heavy atom. The molecule has 0 amide bonds. The summed E-state index contributed by atoms with van der Waals surface area (Å²) >= 11 is 0. The first kappa shape index (κ1) is 9.92. The van der Waals surface area contributed by atoms with Gasteiger partial charge in [-0.15, -0.1) is 5.10 Å². The minimum absolute atomic E-state index is 0.373. The van der Waals surface area contributed by atoms with E-state index >= 15 is 0 Å². The highest BCUT2D eigenvalue weighted by atomic mass is 15.2. The van der Waals surface area contributed by atoms with Crippen LogP contribution in [0.1, 0.15) is 5.82 Å². The number of hydrogen-bond donors (Lipinski definition) is 1. The summed E-state index contributed by atoms with van der Waals surface area (Å²) in [5, 5.41) is 10.3. The van der Waals surface area contributed by atoms with E-state index in [-0.39, 0.29) is 0 Å². The lowest BCUT2D eigenvalue weighted by molar-refractivity contribution is 0.833. The van der Waals surface area contributed by atoms with E-state index in [0.717, 1.165) is 22.4 Å². The van der Waals surface area contributed by atoms with Gasteiger partial charge in [-0.25, -0.2) is 4.98 Å². The lowest BCUT2D eigenvalue weighted by Crippen LogP contribution is -2.08. The summed E-state index contributed by atoms with van der Waals surface area (Å²) in [4.78, 5) is 4.19. The Labute approximate surface area is 97.9 Å². The molecule has 3 rings (SSSR count). The van der Waals surface area contributed by atoms with Crippen LogP contribution in [-0.2, 0) is 6.54 Å². The van der Waals surface area contributed by atoms with Gasteiger partial charge in [0.25, 0.3) is 0 Å². The number of fused-ring (bicyclic) bond motifs is 1. The summed E-state index contributed by atoms with van der Waals surface area (Å²) in [5.74, 6) is 1.54. The van der Waals surface area contributed by atoms with Crippen LogP contribution >= 0.6 is 0 Å². The topological polar surface area (TPSA) is 69.6 Å². The monoisotopic (exact) mass is 225 g/mol. The molecule has 0 radical (unpaired) electrons. The van der Waals surface area contributed by atoms with E-state index in [2.05, 4.69) is 15.2 Å². The normalized spacial score (nSPS) is 10.9. The molecule has 0 unspecified atom stereocenters. The molecule has 2 aromatic heterocycles. The standard InChI is InChI=1S/C12H11N5/c13-7-11-14-5-6-17(11)12-10-4-2-1-3-9(10)8-15-16-12/h1-6,8H,7,13H2. The van der Waals surface area contributed by atoms with Crippen molar-refractivity contribution in [1.82, 2.24) is 19.7 Å². The number of hydrogen-bond acceptors (Lipinski definition) is 4. The van der Waals surface area contributed by atoms with Crippen molar-refractivity contribution >= 4 is 10.8 Å². The van der Waals surface area contributed by atoms with Crippen LogP contribution < -0.4 is 5.73 Å². The maximum Gasteiger partial charge on any atom is 0.168 e. The molecular formula is C12H11N5. The zero-order valence-electron chi connectivity index (χ0n) is 9.11. The van der Waals surface area contributed by atoms with Crippen molar-refractivity contribution in [2.75, 3.05) is 0 Å². The highest BCUT2D eigenvalue weighted by molar-refractivity contribution is 5.87. The summed E-state index contributed by atoms with van der Waals surface area (Å²) in [5.41, 5.74) is 5.64. The fourth-order valence-corrected chi connectivity index (χ4v) is 1.87. The Morgan fingerprint density at radius 2 is 2.12 bits per heavy atom. The molecule has 1 aromatic carbocycles. The second kappa shape index (κ2) is 3.95. The van der Waals surface area contributed by atoms with Crippen LogP contribution in [-0.4, -0.2) is 19.7 Å². The Balaban J connectivity index is 2.31. The average Bonchev–Trinajstić information content (AvgIpc) is 2.86. The molecule has 2 N–H and O–H groups in total. The van der Waals surface area contributed by atoms with Gasteiger partial charge in [0, 0.05) is 23.2 Å². The molecule has 0 saturated heterocycles. The Hall–Kier alpha value is -2.27. The Kier molecular flexibility index (Phi) is 2.31. The third kappa shape index (κ3) is 1.57. The molecule has 5 nitrogen and oxygen atoms in total. The van der Waals surface area contributed by atoms with E-state index < -0.39 is 0 Å². The lowest BCUT2D eigenvalue weighted by atomic mass is 10.2. The molecule has 0 saturated carbocycles.